The molecule has 1 saturated heterocycles. The number of aryl methyl sites for hydroxylation is 1. The number of rotatable bonds is 2. The molecule has 5 nitrogen and oxygen atoms in total. The average molecular weight is 252 g/mol. The van der Waals surface area contributed by atoms with E-state index in [9.17, 15) is 4.79 Å². The van der Waals surface area contributed by atoms with E-state index in [-0.39, 0.29) is 17.9 Å². The van der Waals surface area contributed by atoms with Gasteiger partial charge in [-0.1, -0.05) is 0 Å². The molecule has 0 unspecified atom stereocenters. The second-order valence-electron chi connectivity index (χ2n) is 4.11. The number of amides is 1. The first-order chi connectivity index (χ1) is 8.15. The predicted molar refractivity (Wildman–Crippen MR) is 69.0 cm³/mol. The number of nitrogens with zero attached hydrogens (tertiary/aromatic N) is 2. The SMILES string of the molecule is Cc1cc(C(=O)NC2CCSCC2)nc(N)n1. The number of thioether (sulfide) groups is 1. The van der Waals surface area contributed by atoms with Gasteiger partial charge < -0.3 is 11.1 Å². The monoisotopic (exact) mass is 252 g/mol. The van der Waals surface area contributed by atoms with Gasteiger partial charge in [0.1, 0.15) is 5.69 Å². The van der Waals surface area contributed by atoms with Gasteiger partial charge in [0, 0.05) is 11.7 Å². The first kappa shape index (κ1) is 12.2. The second-order valence-corrected chi connectivity index (χ2v) is 5.34. The van der Waals surface area contributed by atoms with Gasteiger partial charge in [0.15, 0.2) is 0 Å². The summed E-state index contributed by atoms with van der Waals surface area (Å²) in [6, 6.07) is 1.92. The van der Waals surface area contributed by atoms with Crippen LogP contribution in [0.4, 0.5) is 5.95 Å². The molecule has 0 bridgehead atoms. The van der Waals surface area contributed by atoms with Gasteiger partial charge >= 0.3 is 0 Å². The number of hydrogen-bond donors (Lipinski definition) is 2. The smallest absolute Gasteiger partial charge is 0.270 e. The van der Waals surface area contributed by atoms with Crippen molar-refractivity contribution in [1.29, 1.82) is 0 Å². The molecular weight excluding hydrogens is 236 g/mol. The van der Waals surface area contributed by atoms with Crippen LogP contribution in [-0.2, 0) is 0 Å². The third-order valence-electron chi connectivity index (χ3n) is 2.66. The molecule has 6 heteroatoms. The number of anilines is 1. The summed E-state index contributed by atoms with van der Waals surface area (Å²) < 4.78 is 0. The minimum atomic E-state index is -0.154. The number of nitrogens with one attached hydrogen (secondary N) is 1. The minimum Gasteiger partial charge on any atom is -0.368 e. The van der Waals surface area contributed by atoms with E-state index in [0.29, 0.717) is 11.4 Å². The number of carbonyl (C=O) groups is 1. The van der Waals surface area contributed by atoms with Gasteiger partial charge in [0.05, 0.1) is 0 Å². The molecular formula is C11H16N4OS. The summed E-state index contributed by atoms with van der Waals surface area (Å²) in [7, 11) is 0. The average Bonchev–Trinajstić information content (AvgIpc) is 2.29. The normalized spacial score (nSPS) is 16.8. The Morgan fingerprint density at radius 2 is 2.18 bits per heavy atom. The Bertz CT molecular complexity index is 398. The van der Waals surface area contributed by atoms with Crippen LogP contribution in [0.15, 0.2) is 6.07 Å². The lowest BCUT2D eigenvalue weighted by molar-refractivity contribution is 0.0929. The molecule has 1 fully saturated rings. The van der Waals surface area contributed by atoms with E-state index < -0.39 is 0 Å². The van der Waals surface area contributed by atoms with Crippen molar-refractivity contribution in [3.8, 4) is 0 Å². The summed E-state index contributed by atoms with van der Waals surface area (Å²) in [4.78, 5) is 19.8. The molecule has 0 spiro atoms. The standard InChI is InChI=1S/C11H16N4OS/c1-7-6-9(15-11(12)13-7)10(16)14-8-2-4-17-5-3-8/h6,8H,2-5H2,1H3,(H,14,16)(H2,12,13,15). The van der Waals surface area contributed by atoms with E-state index >= 15 is 0 Å². The van der Waals surface area contributed by atoms with Gasteiger partial charge in [-0.2, -0.15) is 11.8 Å². The highest BCUT2D eigenvalue weighted by Crippen LogP contribution is 2.17. The summed E-state index contributed by atoms with van der Waals surface area (Å²) in [5, 5.41) is 2.99. The first-order valence-electron chi connectivity index (χ1n) is 5.65. The van der Waals surface area contributed by atoms with Crippen LogP contribution in [0.2, 0.25) is 0 Å². The second kappa shape index (κ2) is 5.35. The summed E-state index contributed by atoms with van der Waals surface area (Å²) in [6.45, 7) is 1.80. The van der Waals surface area contributed by atoms with E-state index in [1.54, 1.807) is 13.0 Å². The van der Waals surface area contributed by atoms with Gasteiger partial charge in [-0.05, 0) is 37.3 Å². The zero-order valence-corrected chi connectivity index (χ0v) is 10.6. The van der Waals surface area contributed by atoms with E-state index in [1.165, 1.54) is 0 Å². The predicted octanol–water partition coefficient (Wildman–Crippen LogP) is 0.993. The molecule has 3 N–H and O–H groups in total. The summed E-state index contributed by atoms with van der Waals surface area (Å²) in [6.07, 6.45) is 2.05. The van der Waals surface area contributed by atoms with E-state index in [4.69, 9.17) is 5.73 Å². The maximum atomic E-state index is 12.0. The molecule has 0 aliphatic carbocycles. The molecule has 0 atom stereocenters. The van der Waals surface area contributed by atoms with Crippen LogP contribution in [0, 0.1) is 6.92 Å². The van der Waals surface area contributed by atoms with Gasteiger partial charge in [-0.3, -0.25) is 4.79 Å². The molecule has 1 amide bonds. The van der Waals surface area contributed by atoms with Gasteiger partial charge in [0.2, 0.25) is 5.95 Å². The summed E-state index contributed by atoms with van der Waals surface area (Å²) >= 11 is 1.93. The Kier molecular flexibility index (Phi) is 3.83. The number of hydrogen-bond acceptors (Lipinski definition) is 5. The Labute approximate surface area is 105 Å². The molecule has 1 aromatic rings. The van der Waals surface area contributed by atoms with Crippen molar-refractivity contribution in [3.05, 3.63) is 17.5 Å². The topological polar surface area (TPSA) is 80.9 Å². The van der Waals surface area contributed by atoms with Gasteiger partial charge in [-0.25, -0.2) is 9.97 Å². The fourth-order valence-corrected chi connectivity index (χ4v) is 2.92. The largest absolute Gasteiger partial charge is 0.368 e. The first-order valence-corrected chi connectivity index (χ1v) is 6.80. The van der Waals surface area contributed by atoms with Crippen LogP contribution in [-0.4, -0.2) is 33.4 Å². The molecule has 0 radical (unpaired) electrons. The van der Waals surface area contributed by atoms with Gasteiger partial charge in [-0.15, -0.1) is 0 Å². The quantitative estimate of drug-likeness (QED) is 0.820. The van der Waals surface area contributed by atoms with E-state index in [2.05, 4.69) is 15.3 Å². The summed E-state index contributed by atoms with van der Waals surface area (Å²) in [5.74, 6) is 2.21. The van der Waals surface area contributed by atoms with Crippen LogP contribution in [0.5, 0.6) is 0 Å². The van der Waals surface area contributed by atoms with E-state index in [0.717, 1.165) is 24.3 Å². The van der Waals surface area contributed by atoms with Crippen LogP contribution in [0.3, 0.4) is 0 Å². The Balaban J connectivity index is 2.03. The van der Waals surface area contributed by atoms with Crippen LogP contribution < -0.4 is 11.1 Å². The zero-order chi connectivity index (χ0) is 12.3. The molecule has 2 heterocycles. The number of nitrogen functional groups attached to an aromatic ring is 1. The van der Waals surface area contributed by atoms with Crippen molar-refractivity contribution in [1.82, 2.24) is 15.3 Å². The highest BCUT2D eigenvalue weighted by atomic mass is 32.2. The van der Waals surface area contributed by atoms with Crippen molar-refractivity contribution < 1.29 is 4.79 Å². The molecule has 92 valence electrons. The van der Waals surface area contributed by atoms with Crippen LogP contribution >= 0.6 is 11.8 Å². The highest BCUT2D eigenvalue weighted by molar-refractivity contribution is 7.99. The molecule has 1 aliphatic rings. The van der Waals surface area contributed by atoms with Gasteiger partial charge in [0.25, 0.3) is 5.91 Å². The van der Waals surface area contributed by atoms with E-state index in [1.807, 2.05) is 11.8 Å². The lowest BCUT2D eigenvalue weighted by Gasteiger charge is -2.22. The lowest BCUT2D eigenvalue weighted by atomic mass is 10.1. The maximum absolute atomic E-state index is 12.0. The fourth-order valence-electron chi connectivity index (χ4n) is 1.81. The van der Waals surface area contributed by atoms with Crippen LogP contribution in [0.1, 0.15) is 29.0 Å². The molecule has 0 aromatic carbocycles. The minimum absolute atomic E-state index is 0.148. The highest BCUT2D eigenvalue weighted by Gasteiger charge is 2.18. The third kappa shape index (κ3) is 3.33. The molecule has 1 aliphatic heterocycles. The lowest BCUT2D eigenvalue weighted by Crippen LogP contribution is -2.37. The Morgan fingerprint density at radius 3 is 2.82 bits per heavy atom. The van der Waals surface area contributed by atoms with Crippen molar-refractivity contribution >= 4 is 23.6 Å². The summed E-state index contributed by atoms with van der Waals surface area (Å²) in [5.41, 5.74) is 6.59. The maximum Gasteiger partial charge on any atom is 0.270 e. The Morgan fingerprint density at radius 1 is 1.47 bits per heavy atom. The van der Waals surface area contributed by atoms with Crippen molar-refractivity contribution in [2.75, 3.05) is 17.2 Å². The molecule has 2 rings (SSSR count). The molecule has 0 saturated carbocycles. The third-order valence-corrected chi connectivity index (χ3v) is 3.71. The van der Waals surface area contributed by atoms with Crippen LogP contribution in [0.25, 0.3) is 0 Å². The molecule has 17 heavy (non-hydrogen) atoms. The Hall–Kier alpha value is -1.30. The number of nitrogens with two attached hydrogens (primary N) is 1. The fraction of sp³-hybridized carbons (Fsp3) is 0.545. The molecule has 1 aromatic heterocycles. The van der Waals surface area contributed by atoms with Crippen molar-refractivity contribution in [2.24, 2.45) is 0 Å². The number of carbonyl (C=O) groups excluding carboxylic acids is 1. The van der Waals surface area contributed by atoms with Crippen molar-refractivity contribution in [3.63, 3.8) is 0 Å². The van der Waals surface area contributed by atoms with Crippen molar-refractivity contribution in [2.45, 2.75) is 25.8 Å². The zero-order valence-electron chi connectivity index (χ0n) is 9.77. The number of aromatic nitrogens is 2.